The van der Waals surface area contributed by atoms with Crippen molar-refractivity contribution in [2.45, 2.75) is 19.6 Å². The zero-order valence-electron chi connectivity index (χ0n) is 14.9. The summed E-state index contributed by atoms with van der Waals surface area (Å²) in [7, 11) is -3.60. The van der Waals surface area contributed by atoms with E-state index in [1.807, 2.05) is 31.2 Å². The molecular weight excluding hydrogens is 366 g/mol. The van der Waals surface area contributed by atoms with Crippen LogP contribution < -0.4 is 10.5 Å². The number of carbonyl (C=O) groups is 1. The predicted molar refractivity (Wildman–Crippen MR) is 102 cm³/mol. The Hall–Kier alpha value is -3.04. The number of rotatable bonds is 5. The summed E-state index contributed by atoms with van der Waals surface area (Å²) in [5.41, 5.74) is 3.79. The van der Waals surface area contributed by atoms with E-state index in [0.717, 1.165) is 11.3 Å². The largest absolute Gasteiger partial charge is 0.321 e. The molecule has 0 aliphatic rings. The minimum absolute atomic E-state index is 0.213. The Labute approximate surface area is 157 Å². The van der Waals surface area contributed by atoms with Crippen LogP contribution in [-0.2, 0) is 15.8 Å². The molecule has 0 aliphatic heterocycles. The number of sulfonamides is 1. The fourth-order valence-electron chi connectivity index (χ4n) is 2.65. The Bertz CT molecular complexity index is 1090. The Morgan fingerprint density at radius 3 is 2.48 bits per heavy atom. The molecular formula is C18H19N5O3S. The van der Waals surface area contributed by atoms with Crippen molar-refractivity contribution < 1.29 is 13.2 Å². The number of primary sulfonamides is 1. The number of aromatic nitrogens is 3. The Morgan fingerprint density at radius 2 is 1.85 bits per heavy atom. The predicted octanol–water partition coefficient (Wildman–Crippen LogP) is 1.92. The van der Waals surface area contributed by atoms with E-state index in [-0.39, 0.29) is 11.4 Å². The number of hydrogen-bond acceptors (Lipinski definition) is 5. The highest BCUT2D eigenvalue weighted by molar-refractivity contribution is 7.88. The molecule has 0 aliphatic carbocycles. The molecule has 0 bridgehead atoms. The molecule has 8 nitrogen and oxygen atoms in total. The molecule has 0 radical (unpaired) electrons. The van der Waals surface area contributed by atoms with E-state index in [1.165, 1.54) is 0 Å². The molecule has 140 valence electrons. The van der Waals surface area contributed by atoms with Crippen LogP contribution in [0, 0.1) is 13.8 Å². The average molecular weight is 385 g/mol. The van der Waals surface area contributed by atoms with Crippen LogP contribution in [0.25, 0.3) is 5.69 Å². The number of nitrogens with one attached hydrogen (secondary N) is 1. The number of nitrogens with two attached hydrogens (primary N) is 1. The average Bonchev–Trinajstić information content (AvgIpc) is 2.97. The first kappa shape index (κ1) is 18.7. The summed E-state index contributed by atoms with van der Waals surface area (Å²) in [6.45, 7) is 3.75. The van der Waals surface area contributed by atoms with Gasteiger partial charge in [0, 0.05) is 5.69 Å². The molecule has 3 N–H and O–H groups in total. The number of carbonyl (C=O) groups excluding carboxylic acids is 1. The standard InChI is InChI=1S/C18H19N5O3S/c1-12-4-3-5-16(10-12)23-13(2)17(21-22-23)18(24)20-15-8-6-14(7-9-15)11-27(19,25)26/h3-10H,11H2,1-2H3,(H,20,24)(H2,19,25,26). The molecule has 0 unspecified atom stereocenters. The molecule has 9 heteroatoms. The molecule has 0 saturated carbocycles. The Balaban J connectivity index is 1.77. The van der Waals surface area contributed by atoms with E-state index >= 15 is 0 Å². The maximum Gasteiger partial charge on any atom is 0.278 e. The third kappa shape index (κ3) is 4.57. The number of hydrogen-bond donors (Lipinski definition) is 2. The quantitative estimate of drug-likeness (QED) is 0.695. The molecule has 27 heavy (non-hydrogen) atoms. The van der Waals surface area contributed by atoms with Crippen LogP contribution in [0.4, 0.5) is 5.69 Å². The summed E-state index contributed by atoms with van der Waals surface area (Å²) in [6.07, 6.45) is 0. The topological polar surface area (TPSA) is 120 Å². The van der Waals surface area contributed by atoms with Gasteiger partial charge in [-0.25, -0.2) is 18.2 Å². The molecule has 3 rings (SSSR count). The van der Waals surface area contributed by atoms with E-state index in [0.29, 0.717) is 16.9 Å². The number of aryl methyl sites for hydroxylation is 1. The minimum atomic E-state index is -3.60. The van der Waals surface area contributed by atoms with Gasteiger partial charge in [0.2, 0.25) is 10.0 Å². The fraction of sp³-hybridized carbons (Fsp3) is 0.167. The lowest BCUT2D eigenvalue weighted by Gasteiger charge is -2.06. The van der Waals surface area contributed by atoms with Crippen molar-refractivity contribution in [1.29, 1.82) is 0 Å². The lowest BCUT2D eigenvalue weighted by atomic mass is 10.2. The smallest absolute Gasteiger partial charge is 0.278 e. The van der Waals surface area contributed by atoms with Gasteiger partial charge >= 0.3 is 0 Å². The van der Waals surface area contributed by atoms with Crippen LogP contribution >= 0.6 is 0 Å². The first-order chi connectivity index (χ1) is 12.7. The summed E-state index contributed by atoms with van der Waals surface area (Å²) < 4.78 is 23.8. The van der Waals surface area contributed by atoms with Gasteiger partial charge in [0.05, 0.1) is 17.1 Å². The molecule has 0 saturated heterocycles. The summed E-state index contributed by atoms with van der Waals surface area (Å²) in [6, 6.07) is 14.1. The first-order valence-electron chi connectivity index (χ1n) is 8.13. The number of anilines is 1. The molecule has 0 spiro atoms. The summed E-state index contributed by atoms with van der Waals surface area (Å²) in [4.78, 5) is 12.5. The second-order valence-electron chi connectivity index (χ2n) is 6.23. The monoisotopic (exact) mass is 385 g/mol. The highest BCUT2D eigenvalue weighted by Gasteiger charge is 2.17. The highest BCUT2D eigenvalue weighted by atomic mass is 32.2. The van der Waals surface area contributed by atoms with Gasteiger partial charge in [-0.3, -0.25) is 4.79 Å². The van der Waals surface area contributed by atoms with Gasteiger partial charge in [-0.15, -0.1) is 5.10 Å². The van der Waals surface area contributed by atoms with Crippen molar-refractivity contribution in [3.63, 3.8) is 0 Å². The van der Waals surface area contributed by atoms with Gasteiger partial charge in [0.25, 0.3) is 5.91 Å². The lowest BCUT2D eigenvalue weighted by molar-refractivity contribution is 0.102. The van der Waals surface area contributed by atoms with Crippen LogP contribution in [0.2, 0.25) is 0 Å². The van der Waals surface area contributed by atoms with Crippen molar-refractivity contribution in [3.05, 3.63) is 71.0 Å². The van der Waals surface area contributed by atoms with E-state index in [2.05, 4.69) is 15.6 Å². The van der Waals surface area contributed by atoms with Gasteiger partial charge in [-0.05, 0) is 49.2 Å². The van der Waals surface area contributed by atoms with Crippen LogP contribution in [0.15, 0.2) is 48.5 Å². The summed E-state index contributed by atoms with van der Waals surface area (Å²) >= 11 is 0. The van der Waals surface area contributed by atoms with Gasteiger partial charge in [0.1, 0.15) is 0 Å². The highest BCUT2D eigenvalue weighted by Crippen LogP contribution is 2.16. The summed E-state index contributed by atoms with van der Waals surface area (Å²) in [5, 5.41) is 15.8. The van der Waals surface area contributed by atoms with Gasteiger partial charge in [-0.2, -0.15) is 0 Å². The molecule has 1 heterocycles. The normalized spacial score (nSPS) is 11.4. The molecule has 0 atom stereocenters. The number of amides is 1. The van der Waals surface area contributed by atoms with Crippen LogP contribution in [-0.4, -0.2) is 29.3 Å². The van der Waals surface area contributed by atoms with Crippen molar-refractivity contribution in [1.82, 2.24) is 15.0 Å². The zero-order chi connectivity index (χ0) is 19.6. The first-order valence-corrected chi connectivity index (χ1v) is 9.84. The molecule has 2 aromatic carbocycles. The van der Waals surface area contributed by atoms with Gasteiger partial charge in [-0.1, -0.05) is 29.5 Å². The van der Waals surface area contributed by atoms with Crippen molar-refractivity contribution >= 4 is 21.6 Å². The second kappa shape index (κ2) is 7.29. The SMILES string of the molecule is Cc1cccc(-n2nnc(C(=O)Nc3ccc(CS(N)(=O)=O)cc3)c2C)c1. The molecule has 3 aromatic rings. The van der Waals surface area contributed by atoms with E-state index in [4.69, 9.17) is 5.14 Å². The van der Waals surface area contributed by atoms with Crippen molar-refractivity contribution in [3.8, 4) is 5.69 Å². The fourth-order valence-corrected chi connectivity index (χ4v) is 3.31. The van der Waals surface area contributed by atoms with Crippen LogP contribution in [0.1, 0.15) is 27.3 Å². The van der Waals surface area contributed by atoms with Crippen molar-refractivity contribution in [2.75, 3.05) is 5.32 Å². The van der Waals surface area contributed by atoms with E-state index in [9.17, 15) is 13.2 Å². The number of benzene rings is 2. The minimum Gasteiger partial charge on any atom is -0.321 e. The number of nitrogens with zero attached hydrogens (tertiary/aromatic N) is 3. The third-order valence-corrected chi connectivity index (χ3v) is 4.67. The van der Waals surface area contributed by atoms with Crippen LogP contribution in [0.3, 0.4) is 0 Å². The van der Waals surface area contributed by atoms with E-state index < -0.39 is 15.9 Å². The molecule has 1 amide bonds. The maximum absolute atomic E-state index is 12.5. The lowest BCUT2D eigenvalue weighted by Crippen LogP contribution is -2.15. The van der Waals surface area contributed by atoms with E-state index in [1.54, 1.807) is 35.9 Å². The zero-order valence-corrected chi connectivity index (χ0v) is 15.7. The molecule has 1 aromatic heterocycles. The summed E-state index contributed by atoms with van der Waals surface area (Å²) in [5.74, 6) is -0.656. The maximum atomic E-state index is 12.5. The van der Waals surface area contributed by atoms with Gasteiger partial charge in [0.15, 0.2) is 5.69 Å². The van der Waals surface area contributed by atoms with Crippen molar-refractivity contribution in [2.24, 2.45) is 5.14 Å². The van der Waals surface area contributed by atoms with Crippen LogP contribution in [0.5, 0.6) is 0 Å². The Kier molecular flexibility index (Phi) is 5.06. The Morgan fingerprint density at radius 1 is 1.15 bits per heavy atom. The molecule has 0 fully saturated rings. The second-order valence-corrected chi connectivity index (χ2v) is 7.85. The third-order valence-electron chi connectivity index (χ3n) is 3.94. The van der Waals surface area contributed by atoms with Gasteiger partial charge < -0.3 is 5.32 Å².